The Balaban J connectivity index is 0.788. The molecule has 4 aromatic rings. The lowest BCUT2D eigenvalue weighted by Crippen LogP contribution is -2.51. The third kappa shape index (κ3) is 17.7. The Morgan fingerprint density at radius 3 is 1.39 bits per heavy atom. The minimum atomic E-state index is -2.06. The number of likely N-dealkylation sites (N-methyl/N-ethyl adjacent to an activating group) is 2. The molecule has 0 aromatic heterocycles. The molecular formula is C52H68Cl4N6O10. The number of carbonyl (C=O) groups excluding carboxylic acids is 2. The summed E-state index contributed by atoms with van der Waals surface area (Å²) in [4.78, 5) is 30.2. The molecule has 394 valence electrons. The number of aliphatic hydroxyl groups excluding tert-OH is 2. The third-order valence-electron chi connectivity index (χ3n) is 12.4. The molecule has 4 unspecified atom stereocenters. The predicted octanol–water partition coefficient (Wildman–Crippen LogP) is 6.11. The van der Waals surface area contributed by atoms with Gasteiger partial charge in [-0.15, -0.1) is 0 Å². The lowest BCUT2D eigenvalue weighted by Gasteiger charge is -2.33. The third-order valence-corrected chi connectivity index (χ3v) is 13.5. The van der Waals surface area contributed by atoms with Crippen molar-refractivity contribution >= 4 is 69.6 Å². The quantitative estimate of drug-likeness (QED) is 0.0363. The van der Waals surface area contributed by atoms with Gasteiger partial charge in [0.25, 0.3) is 5.91 Å². The summed E-state index contributed by atoms with van der Waals surface area (Å²) in [6, 6.07) is 24.4. The van der Waals surface area contributed by atoms with Crippen LogP contribution in [0.5, 0.6) is 0 Å². The highest BCUT2D eigenvalue weighted by atomic mass is 35.5. The van der Waals surface area contributed by atoms with Gasteiger partial charge in [0.05, 0.1) is 79.3 Å². The Bertz CT molecular complexity index is 2210. The predicted molar refractivity (Wildman–Crippen MR) is 282 cm³/mol. The first-order valence-electron chi connectivity index (χ1n) is 24.2. The molecular weight excluding hydrogens is 1010 g/mol. The summed E-state index contributed by atoms with van der Waals surface area (Å²) < 4.78 is 34.1. The van der Waals surface area contributed by atoms with Gasteiger partial charge in [-0.2, -0.15) is 0 Å². The molecule has 2 amide bonds. The van der Waals surface area contributed by atoms with Crippen molar-refractivity contribution in [3.05, 3.63) is 126 Å². The van der Waals surface area contributed by atoms with E-state index >= 15 is 0 Å². The van der Waals surface area contributed by atoms with Crippen LogP contribution < -0.4 is 16.4 Å². The molecule has 72 heavy (non-hydrogen) atoms. The number of primary amides is 1. The number of hydrogen-bond acceptors (Lipinski definition) is 14. The standard InChI is InChI=1S/C52H68Cl4N6O10/c1-60-31-43(41-27-37(53)29-47(55)45(41)33-60)35-5-3-7-39(25-35)58-9-13-67-17-21-71-23-19-69-15-11-62(52(66)50(64)49(63)51(57)65)12-16-70-20-24-72-22-18-68-14-10-59-40-8-4-6-36(26-40)44-32-61(2)34-46-42(44)28-38(54)30-48(46)56/h3-8,25-30,43-44,49-50,58-59,63-64H,9-24,31-34H2,1-2H3,(H2,57,65). The summed E-state index contributed by atoms with van der Waals surface area (Å²) in [5, 5.41) is 29.8. The Morgan fingerprint density at radius 2 is 0.986 bits per heavy atom. The van der Waals surface area contributed by atoms with Crippen LogP contribution in [-0.2, 0) is 51.1 Å². The largest absolute Gasteiger partial charge is 0.383 e. The van der Waals surface area contributed by atoms with Gasteiger partial charge in [-0.05, 0) is 96.0 Å². The first-order chi connectivity index (χ1) is 34.8. The summed E-state index contributed by atoms with van der Waals surface area (Å²) in [5.74, 6) is -1.80. The number of anilines is 2. The summed E-state index contributed by atoms with van der Waals surface area (Å²) in [6.07, 6.45) is -4.09. The molecule has 0 fully saturated rings. The molecule has 4 aromatic carbocycles. The number of nitrogens with one attached hydrogen (secondary N) is 2. The summed E-state index contributed by atoms with van der Waals surface area (Å²) in [6.45, 7) is 8.41. The van der Waals surface area contributed by atoms with Gasteiger partial charge in [0.2, 0.25) is 5.91 Å². The number of aliphatic hydroxyl groups is 2. The normalized spacial score (nSPS) is 16.7. The van der Waals surface area contributed by atoms with Crippen molar-refractivity contribution in [2.24, 2.45) is 5.73 Å². The summed E-state index contributed by atoms with van der Waals surface area (Å²) >= 11 is 25.9. The highest BCUT2D eigenvalue weighted by molar-refractivity contribution is 6.35. The molecule has 0 aliphatic carbocycles. The van der Waals surface area contributed by atoms with Crippen LogP contribution in [0.15, 0.2) is 72.8 Å². The number of nitrogens with zero attached hydrogens (tertiary/aromatic N) is 3. The van der Waals surface area contributed by atoms with Crippen molar-refractivity contribution in [3.8, 4) is 0 Å². The molecule has 6 N–H and O–H groups in total. The molecule has 4 atom stereocenters. The number of hydrogen-bond donors (Lipinski definition) is 5. The topological polar surface area (TPSA) is 190 Å². The van der Waals surface area contributed by atoms with Crippen molar-refractivity contribution in [3.63, 3.8) is 0 Å². The molecule has 0 bridgehead atoms. The van der Waals surface area contributed by atoms with Crippen LogP contribution in [0, 0.1) is 0 Å². The van der Waals surface area contributed by atoms with Gasteiger partial charge in [-0.25, -0.2) is 0 Å². The smallest absolute Gasteiger partial charge is 0.254 e. The molecule has 0 radical (unpaired) electrons. The van der Waals surface area contributed by atoms with E-state index in [1.54, 1.807) is 12.1 Å². The van der Waals surface area contributed by atoms with E-state index in [0.717, 1.165) is 59.8 Å². The van der Waals surface area contributed by atoms with Gasteiger partial charge < -0.3 is 69.7 Å². The maximum absolute atomic E-state index is 13.0. The fourth-order valence-electron chi connectivity index (χ4n) is 8.77. The van der Waals surface area contributed by atoms with E-state index < -0.39 is 24.0 Å². The Labute approximate surface area is 442 Å². The maximum atomic E-state index is 13.0. The van der Waals surface area contributed by atoms with Crippen LogP contribution in [-0.4, -0.2) is 182 Å². The molecule has 2 aliphatic rings. The number of nitrogens with two attached hydrogens (primary N) is 1. The summed E-state index contributed by atoms with van der Waals surface area (Å²) in [7, 11) is 4.19. The van der Waals surface area contributed by atoms with Crippen LogP contribution in [0.1, 0.15) is 45.2 Å². The Hall–Kier alpha value is -3.82. The van der Waals surface area contributed by atoms with Crippen molar-refractivity contribution in [2.75, 3.05) is 143 Å². The number of halogens is 4. The van der Waals surface area contributed by atoms with E-state index in [0.29, 0.717) is 86.0 Å². The average Bonchev–Trinajstić information content (AvgIpc) is 3.35. The second-order valence-corrected chi connectivity index (χ2v) is 19.5. The van der Waals surface area contributed by atoms with E-state index in [-0.39, 0.29) is 51.4 Å². The molecule has 2 aliphatic heterocycles. The number of fused-ring (bicyclic) bond motifs is 2. The molecule has 20 heteroatoms. The van der Waals surface area contributed by atoms with Gasteiger partial charge in [-0.1, -0.05) is 70.7 Å². The molecule has 6 rings (SSSR count). The highest BCUT2D eigenvalue weighted by Gasteiger charge is 2.32. The lowest BCUT2D eigenvalue weighted by molar-refractivity contribution is -0.153. The fraction of sp³-hybridized carbons (Fsp3) is 0.500. The molecule has 16 nitrogen and oxygen atoms in total. The van der Waals surface area contributed by atoms with E-state index in [9.17, 15) is 19.8 Å². The lowest BCUT2D eigenvalue weighted by atomic mass is 9.84. The number of benzene rings is 4. The van der Waals surface area contributed by atoms with Crippen LogP contribution in [0.4, 0.5) is 11.4 Å². The Kier molecular flexibility index (Phi) is 23.9. The SMILES string of the molecule is CN1Cc2c(Cl)cc(Cl)cc2C(c2cccc(NCCOCCOCCOCCN(CCOCCOCCOCCNc3cccc(C4CN(C)Cc5c(Cl)cc(Cl)cc54)c3)C(=O)C(O)C(O)C(N)=O)c2)C1. The Morgan fingerprint density at radius 1 is 0.597 bits per heavy atom. The number of carbonyl (C=O) groups is 2. The van der Waals surface area contributed by atoms with Gasteiger partial charge in [0.15, 0.2) is 12.2 Å². The van der Waals surface area contributed by atoms with Crippen LogP contribution in [0.2, 0.25) is 20.1 Å². The van der Waals surface area contributed by atoms with E-state index in [4.69, 9.17) is 80.6 Å². The van der Waals surface area contributed by atoms with E-state index in [1.807, 2.05) is 36.4 Å². The van der Waals surface area contributed by atoms with Crippen LogP contribution >= 0.6 is 46.4 Å². The minimum absolute atomic E-state index is 0.0584. The zero-order valence-electron chi connectivity index (χ0n) is 41.0. The van der Waals surface area contributed by atoms with Crippen LogP contribution in [0.3, 0.4) is 0 Å². The number of amides is 2. The second kappa shape index (κ2) is 29.9. The fourth-order valence-corrected chi connectivity index (χ4v) is 9.91. The van der Waals surface area contributed by atoms with Gasteiger partial charge in [-0.3, -0.25) is 9.59 Å². The van der Waals surface area contributed by atoms with E-state index in [2.05, 4.69) is 58.8 Å². The summed E-state index contributed by atoms with van der Waals surface area (Å²) in [5.41, 5.74) is 14.0. The van der Waals surface area contributed by atoms with E-state index in [1.165, 1.54) is 16.0 Å². The zero-order valence-corrected chi connectivity index (χ0v) is 44.0. The first kappa shape index (κ1) is 57.5. The average molecular weight is 1080 g/mol. The zero-order chi connectivity index (χ0) is 51.4. The molecule has 0 spiro atoms. The van der Waals surface area contributed by atoms with Crippen molar-refractivity contribution in [2.45, 2.75) is 37.1 Å². The highest BCUT2D eigenvalue weighted by Crippen LogP contribution is 2.40. The maximum Gasteiger partial charge on any atom is 0.254 e. The van der Waals surface area contributed by atoms with Crippen molar-refractivity contribution in [1.29, 1.82) is 0 Å². The number of ether oxygens (including phenoxy) is 6. The van der Waals surface area contributed by atoms with Gasteiger partial charge in [0.1, 0.15) is 0 Å². The first-order valence-corrected chi connectivity index (χ1v) is 25.7. The second-order valence-electron chi connectivity index (χ2n) is 17.8. The number of rotatable bonds is 31. The minimum Gasteiger partial charge on any atom is -0.383 e. The van der Waals surface area contributed by atoms with Crippen LogP contribution in [0.25, 0.3) is 0 Å². The monoisotopic (exact) mass is 1080 g/mol. The van der Waals surface area contributed by atoms with Crippen molar-refractivity contribution < 1.29 is 48.2 Å². The molecule has 2 heterocycles. The molecule has 0 saturated heterocycles. The van der Waals surface area contributed by atoms with Gasteiger partial charge >= 0.3 is 0 Å². The van der Waals surface area contributed by atoms with Gasteiger partial charge in [0, 0.05) is 95.7 Å². The molecule has 0 saturated carbocycles. The van der Waals surface area contributed by atoms with Crippen molar-refractivity contribution in [1.82, 2.24) is 14.7 Å².